The Morgan fingerprint density at radius 1 is 1.26 bits per heavy atom. The lowest BCUT2D eigenvalue weighted by Crippen LogP contribution is -2.70. The summed E-state index contributed by atoms with van der Waals surface area (Å²) in [6.45, 7) is 0. The molecule has 4 rings (SSSR count). The molecule has 9 heteroatoms. The van der Waals surface area contributed by atoms with Crippen LogP contribution in [0.4, 0.5) is 0 Å². The number of aliphatic carboxylic acids is 1. The molecule has 2 amide bonds. The molecule has 0 spiro atoms. The van der Waals surface area contributed by atoms with Crippen molar-refractivity contribution < 1.29 is 19.5 Å². The van der Waals surface area contributed by atoms with Crippen molar-refractivity contribution in [2.45, 2.75) is 17.8 Å². The molecule has 2 aliphatic heterocycles. The number of nitrogens with one attached hydrogen (secondary N) is 1. The number of hydrogen-bond acceptors (Lipinski definition) is 6. The third kappa shape index (κ3) is 4.67. The zero-order valence-electron chi connectivity index (χ0n) is 16.3. The van der Waals surface area contributed by atoms with Gasteiger partial charge in [-0.05, 0) is 28.7 Å². The second-order valence-corrected chi connectivity index (χ2v) is 9.01. The molecular formula is C22H19N3O4S2. The topological polar surface area (TPSA) is 99.6 Å². The minimum absolute atomic E-state index is 0.0110. The normalized spacial score (nSPS) is 20.4. The molecule has 2 N–H and O–H groups in total. The fourth-order valence-corrected chi connectivity index (χ4v) is 5.71. The highest BCUT2D eigenvalue weighted by Gasteiger charge is 2.54. The molecule has 31 heavy (non-hydrogen) atoms. The van der Waals surface area contributed by atoms with Gasteiger partial charge in [-0.2, -0.15) is 0 Å². The second kappa shape index (κ2) is 9.40. The first-order valence-electron chi connectivity index (χ1n) is 9.52. The van der Waals surface area contributed by atoms with Crippen molar-refractivity contribution >= 4 is 47.4 Å². The number of hydrogen-bond donors (Lipinski definition) is 2. The number of amides is 2. The first-order valence-corrected chi connectivity index (χ1v) is 11.4. The Balaban J connectivity index is 1.43. The fourth-order valence-electron chi connectivity index (χ4n) is 3.36. The number of carbonyl (C=O) groups is 3. The van der Waals surface area contributed by atoms with Crippen LogP contribution in [0.15, 0.2) is 70.9 Å². The van der Waals surface area contributed by atoms with Gasteiger partial charge in [0.2, 0.25) is 5.91 Å². The van der Waals surface area contributed by atoms with Crippen LogP contribution in [0.2, 0.25) is 0 Å². The van der Waals surface area contributed by atoms with E-state index in [1.165, 1.54) is 28.4 Å². The molecule has 1 fully saturated rings. The molecule has 158 valence electrons. The highest BCUT2D eigenvalue weighted by molar-refractivity contribution is 8.08. The quantitative estimate of drug-likeness (QED) is 0.622. The van der Waals surface area contributed by atoms with E-state index < -0.39 is 23.3 Å². The Bertz CT molecular complexity index is 1060. The van der Waals surface area contributed by atoms with Crippen LogP contribution in [-0.2, 0) is 20.8 Å². The highest BCUT2D eigenvalue weighted by atomic mass is 32.2. The molecule has 1 saturated heterocycles. The van der Waals surface area contributed by atoms with Crippen molar-refractivity contribution in [3.8, 4) is 0 Å². The van der Waals surface area contributed by atoms with E-state index in [2.05, 4.69) is 10.3 Å². The van der Waals surface area contributed by atoms with E-state index in [0.29, 0.717) is 10.7 Å². The van der Waals surface area contributed by atoms with Gasteiger partial charge in [0.25, 0.3) is 5.91 Å². The monoisotopic (exact) mass is 453 g/mol. The Morgan fingerprint density at radius 2 is 2.06 bits per heavy atom. The lowest BCUT2D eigenvalue weighted by Gasteiger charge is -2.49. The molecular weight excluding hydrogens is 434 g/mol. The molecule has 0 bridgehead atoms. The first kappa shape index (κ1) is 21.2. The standard InChI is InChI=1S/C22H19N3O4S2/c26-17(11-14-5-2-1-3-6-14)24-18-20(27)25-19(22(28)29)16(13-31-21(18)25)30-10-8-15-7-4-9-23-12-15/h1-10,12,18,21H,11,13H2,(H,24,26)(H,28,29)/t18-,21+/m1/s1. The maximum Gasteiger partial charge on any atom is 0.353 e. The van der Waals surface area contributed by atoms with E-state index in [-0.39, 0.29) is 18.0 Å². The van der Waals surface area contributed by atoms with Gasteiger partial charge >= 0.3 is 5.97 Å². The van der Waals surface area contributed by atoms with Crippen molar-refractivity contribution in [1.29, 1.82) is 0 Å². The summed E-state index contributed by atoms with van der Waals surface area (Å²) in [5.74, 6) is -1.36. The maximum atomic E-state index is 12.7. The number of thioether (sulfide) groups is 2. The van der Waals surface area contributed by atoms with Gasteiger partial charge in [0.05, 0.1) is 6.42 Å². The van der Waals surface area contributed by atoms with Crippen molar-refractivity contribution in [2.24, 2.45) is 0 Å². The van der Waals surface area contributed by atoms with Gasteiger partial charge in [0.15, 0.2) is 0 Å². The van der Waals surface area contributed by atoms with E-state index in [1.54, 1.807) is 17.8 Å². The maximum absolute atomic E-state index is 12.7. The SMILES string of the molecule is O=C(Cc1ccccc1)N[C@@H]1C(=O)N2C(C(=O)O)=C(SC=Cc3cccnc3)CS[C@@H]12. The summed E-state index contributed by atoms with van der Waals surface area (Å²) in [6.07, 6.45) is 5.39. The number of carboxylic acids is 1. The lowest BCUT2D eigenvalue weighted by atomic mass is 10.0. The Hall–Kier alpha value is -3.04. The molecule has 2 aromatic rings. The minimum atomic E-state index is -1.15. The number of benzene rings is 1. The average molecular weight is 454 g/mol. The summed E-state index contributed by atoms with van der Waals surface area (Å²) in [4.78, 5) is 42.9. The molecule has 0 aliphatic carbocycles. The van der Waals surface area contributed by atoms with Crippen molar-refractivity contribution in [2.75, 3.05) is 5.75 Å². The number of pyridine rings is 1. The van der Waals surface area contributed by atoms with Crippen molar-refractivity contribution in [3.05, 3.63) is 82.0 Å². The van der Waals surface area contributed by atoms with Gasteiger partial charge in [-0.1, -0.05) is 48.2 Å². The van der Waals surface area contributed by atoms with Gasteiger partial charge in [0.1, 0.15) is 17.1 Å². The summed E-state index contributed by atoms with van der Waals surface area (Å²) in [5.41, 5.74) is 1.74. The van der Waals surface area contributed by atoms with Crippen LogP contribution < -0.4 is 5.32 Å². The summed E-state index contributed by atoms with van der Waals surface area (Å²) in [6, 6.07) is 12.3. The second-order valence-electron chi connectivity index (χ2n) is 6.90. The van der Waals surface area contributed by atoms with Crippen molar-refractivity contribution in [1.82, 2.24) is 15.2 Å². The summed E-state index contributed by atoms with van der Waals surface area (Å²) < 4.78 is 0. The lowest BCUT2D eigenvalue weighted by molar-refractivity contribution is -0.150. The molecule has 2 aliphatic rings. The molecule has 1 aromatic heterocycles. The number of carbonyl (C=O) groups excluding carboxylic acids is 2. The van der Waals surface area contributed by atoms with E-state index in [1.807, 2.05) is 48.5 Å². The fraction of sp³-hybridized carbons (Fsp3) is 0.182. The van der Waals surface area contributed by atoms with Gasteiger partial charge < -0.3 is 10.4 Å². The van der Waals surface area contributed by atoms with E-state index in [4.69, 9.17) is 0 Å². The Morgan fingerprint density at radius 3 is 2.77 bits per heavy atom. The molecule has 0 unspecified atom stereocenters. The van der Waals surface area contributed by atoms with Crippen LogP contribution in [-0.4, -0.2) is 49.9 Å². The van der Waals surface area contributed by atoms with Crippen LogP contribution in [0.5, 0.6) is 0 Å². The summed E-state index contributed by atoms with van der Waals surface area (Å²) in [7, 11) is 0. The number of carboxylic acid groups (broad SMARTS) is 1. The van der Waals surface area contributed by atoms with Crippen molar-refractivity contribution in [3.63, 3.8) is 0 Å². The highest BCUT2D eigenvalue weighted by Crippen LogP contribution is 2.43. The van der Waals surface area contributed by atoms with Gasteiger partial charge in [-0.15, -0.1) is 11.8 Å². The van der Waals surface area contributed by atoms with Crippen LogP contribution in [0.25, 0.3) is 6.08 Å². The summed E-state index contributed by atoms with van der Waals surface area (Å²) in [5, 5.41) is 13.9. The van der Waals surface area contributed by atoms with Crippen LogP contribution >= 0.6 is 23.5 Å². The largest absolute Gasteiger partial charge is 0.477 e. The summed E-state index contributed by atoms with van der Waals surface area (Å²) >= 11 is 2.73. The van der Waals surface area contributed by atoms with E-state index in [9.17, 15) is 19.5 Å². The Labute approximate surface area is 187 Å². The molecule has 1 aromatic carbocycles. The van der Waals surface area contributed by atoms with Crippen LogP contribution in [0.3, 0.4) is 0 Å². The predicted octanol–water partition coefficient (Wildman–Crippen LogP) is 2.72. The number of aromatic nitrogens is 1. The van der Waals surface area contributed by atoms with Crippen LogP contribution in [0.1, 0.15) is 11.1 Å². The molecule has 0 radical (unpaired) electrons. The molecule has 3 heterocycles. The average Bonchev–Trinajstić information content (AvgIpc) is 2.78. The van der Waals surface area contributed by atoms with E-state index in [0.717, 1.165) is 11.1 Å². The third-order valence-corrected chi connectivity index (χ3v) is 7.17. The van der Waals surface area contributed by atoms with Gasteiger partial charge in [-0.25, -0.2) is 4.79 Å². The van der Waals surface area contributed by atoms with Gasteiger partial charge in [-0.3, -0.25) is 19.5 Å². The Kier molecular flexibility index (Phi) is 6.43. The number of nitrogens with zero attached hydrogens (tertiary/aromatic N) is 2. The van der Waals surface area contributed by atoms with E-state index >= 15 is 0 Å². The van der Waals surface area contributed by atoms with Crippen LogP contribution in [0, 0.1) is 0 Å². The molecule has 2 atom stereocenters. The molecule has 7 nitrogen and oxygen atoms in total. The first-order chi connectivity index (χ1) is 15.0. The predicted molar refractivity (Wildman–Crippen MR) is 121 cm³/mol. The number of β-lactam (4-membered cyclic amide) rings is 1. The smallest absolute Gasteiger partial charge is 0.353 e. The number of rotatable bonds is 7. The molecule has 0 saturated carbocycles. The zero-order valence-corrected chi connectivity index (χ0v) is 17.9. The zero-order chi connectivity index (χ0) is 21.8. The third-order valence-electron chi connectivity index (χ3n) is 4.82. The minimum Gasteiger partial charge on any atom is -0.477 e. The van der Waals surface area contributed by atoms with Gasteiger partial charge in [0, 0.05) is 23.1 Å². The number of fused-ring (bicyclic) bond motifs is 1.